The van der Waals surface area contributed by atoms with Crippen LogP contribution in [0.2, 0.25) is 0 Å². The first-order chi connectivity index (χ1) is 8.62. The minimum absolute atomic E-state index is 0. The molecule has 0 aliphatic carbocycles. The van der Waals surface area contributed by atoms with Crippen LogP contribution in [0.15, 0.2) is 5.38 Å². The molecule has 0 aromatic carbocycles. The predicted molar refractivity (Wildman–Crippen MR) is 79.7 cm³/mol. The van der Waals surface area contributed by atoms with E-state index < -0.39 is 6.10 Å². The molecule has 0 saturated heterocycles. The Bertz CT molecular complexity index is 383. The van der Waals surface area contributed by atoms with Gasteiger partial charge in [0.25, 0.3) is 5.91 Å². The Morgan fingerprint density at radius 1 is 1.53 bits per heavy atom. The Morgan fingerprint density at radius 3 is 2.63 bits per heavy atom. The SMILES string of the molecule is CCC(CC)C(O)CNC(=O)c1csc(CN)n1.Cl. The van der Waals surface area contributed by atoms with Crippen molar-refractivity contribution in [2.75, 3.05) is 6.54 Å². The molecule has 0 bridgehead atoms. The number of thiazole rings is 1. The summed E-state index contributed by atoms with van der Waals surface area (Å²) in [5, 5.41) is 15.0. The van der Waals surface area contributed by atoms with E-state index in [0.29, 0.717) is 12.2 Å². The van der Waals surface area contributed by atoms with Crippen molar-refractivity contribution in [3.8, 4) is 0 Å². The van der Waals surface area contributed by atoms with E-state index in [1.54, 1.807) is 5.38 Å². The first-order valence-corrected chi connectivity index (χ1v) is 7.11. The summed E-state index contributed by atoms with van der Waals surface area (Å²) >= 11 is 1.37. The van der Waals surface area contributed by atoms with Crippen LogP contribution in [0.5, 0.6) is 0 Å². The quantitative estimate of drug-likeness (QED) is 0.713. The minimum Gasteiger partial charge on any atom is -0.391 e. The number of carbonyl (C=O) groups excluding carboxylic acids is 1. The number of carbonyl (C=O) groups is 1. The molecular formula is C12H22ClN3O2S. The second kappa shape index (κ2) is 9.25. The highest BCUT2D eigenvalue weighted by atomic mass is 35.5. The summed E-state index contributed by atoms with van der Waals surface area (Å²) in [6.45, 7) is 4.68. The monoisotopic (exact) mass is 307 g/mol. The second-order valence-corrected chi connectivity index (χ2v) is 5.13. The van der Waals surface area contributed by atoms with Gasteiger partial charge in [-0.05, 0) is 5.92 Å². The van der Waals surface area contributed by atoms with Crippen molar-refractivity contribution in [1.82, 2.24) is 10.3 Å². The second-order valence-electron chi connectivity index (χ2n) is 4.18. The topological polar surface area (TPSA) is 88.2 Å². The lowest BCUT2D eigenvalue weighted by Gasteiger charge is -2.19. The molecule has 1 rings (SSSR count). The van der Waals surface area contributed by atoms with Crippen LogP contribution in [0.25, 0.3) is 0 Å². The Morgan fingerprint density at radius 2 is 2.16 bits per heavy atom. The number of nitrogens with zero attached hydrogens (tertiary/aromatic N) is 1. The van der Waals surface area contributed by atoms with Crippen molar-refractivity contribution in [3.63, 3.8) is 0 Å². The van der Waals surface area contributed by atoms with Gasteiger partial charge in [-0.1, -0.05) is 26.7 Å². The first kappa shape index (κ1) is 18.3. The molecular weight excluding hydrogens is 286 g/mol. The molecule has 19 heavy (non-hydrogen) atoms. The third kappa shape index (κ3) is 5.44. The molecule has 1 unspecified atom stereocenters. The summed E-state index contributed by atoms with van der Waals surface area (Å²) < 4.78 is 0. The van der Waals surface area contributed by atoms with Gasteiger partial charge in [0.2, 0.25) is 0 Å². The van der Waals surface area contributed by atoms with Gasteiger partial charge in [-0.25, -0.2) is 4.98 Å². The summed E-state index contributed by atoms with van der Waals surface area (Å²) in [5.74, 6) is -0.0312. The van der Waals surface area contributed by atoms with E-state index in [0.717, 1.165) is 17.8 Å². The van der Waals surface area contributed by atoms with E-state index in [1.165, 1.54) is 11.3 Å². The predicted octanol–water partition coefficient (Wildman–Crippen LogP) is 1.55. The van der Waals surface area contributed by atoms with Gasteiger partial charge < -0.3 is 16.2 Å². The average Bonchev–Trinajstić information content (AvgIpc) is 2.86. The third-order valence-electron chi connectivity index (χ3n) is 3.02. The molecule has 0 spiro atoms. The maximum atomic E-state index is 11.8. The highest BCUT2D eigenvalue weighted by Gasteiger charge is 2.17. The number of rotatable bonds is 7. The van der Waals surface area contributed by atoms with Gasteiger partial charge in [-0.3, -0.25) is 4.79 Å². The Balaban J connectivity index is 0.00000324. The van der Waals surface area contributed by atoms with Gasteiger partial charge in [0.15, 0.2) is 0 Å². The fourth-order valence-corrected chi connectivity index (χ4v) is 2.45. The van der Waals surface area contributed by atoms with Crippen LogP contribution < -0.4 is 11.1 Å². The van der Waals surface area contributed by atoms with Gasteiger partial charge in [-0.15, -0.1) is 23.7 Å². The number of hydrogen-bond acceptors (Lipinski definition) is 5. The highest BCUT2D eigenvalue weighted by Crippen LogP contribution is 2.13. The summed E-state index contributed by atoms with van der Waals surface area (Å²) in [6, 6.07) is 0. The molecule has 0 fully saturated rings. The number of aromatic nitrogens is 1. The molecule has 1 aromatic rings. The molecule has 7 heteroatoms. The molecule has 1 heterocycles. The van der Waals surface area contributed by atoms with Crippen molar-refractivity contribution >= 4 is 29.7 Å². The minimum atomic E-state index is -0.503. The van der Waals surface area contributed by atoms with Crippen LogP contribution in [0.4, 0.5) is 0 Å². The van der Waals surface area contributed by atoms with Crippen molar-refractivity contribution in [2.45, 2.75) is 39.3 Å². The number of aliphatic hydroxyl groups excluding tert-OH is 1. The largest absolute Gasteiger partial charge is 0.391 e. The Labute approximate surface area is 124 Å². The van der Waals surface area contributed by atoms with Crippen LogP contribution in [-0.2, 0) is 6.54 Å². The molecule has 1 amide bonds. The van der Waals surface area contributed by atoms with Crippen LogP contribution in [0.1, 0.15) is 42.2 Å². The van der Waals surface area contributed by atoms with Crippen LogP contribution in [0, 0.1) is 5.92 Å². The van der Waals surface area contributed by atoms with Crippen molar-refractivity contribution < 1.29 is 9.90 Å². The van der Waals surface area contributed by atoms with E-state index in [2.05, 4.69) is 10.3 Å². The lowest BCUT2D eigenvalue weighted by Crippen LogP contribution is -2.36. The van der Waals surface area contributed by atoms with E-state index in [9.17, 15) is 9.90 Å². The summed E-state index contributed by atoms with van der Waals surface area (Å²) in [7, 11) is 0. The van der Waals surface area contributed by atoms with E-state index in [4.69, 9.17) is 5.73 Å². The molecule has 4 N–H and O–H groups in total. The molecule has 110 valence electrons. The lowest BCUT2D eigenvalue weighted by molar-refractivity contribution is 0.0813. The van der Waals surface area contributed by atoms with Gasteiger partial charge in [0, 0.05) is 18.5 Å². The average molecular weight is 308 g/mol. The molecule has 1 atom stereocenters. The number of nitrogens with two attached hydrogens (primary N) is 1. The zero-order chi connectivity index (χ0) is 13.5. The van der Waals surface area contributed by atoms with Crippen LogP contribution in [0.3, 0.4) is 0 Å². The van der Waals surface area contributed by atoms with E-state index in [-0.39, 0.29) is 30.8 Å². The van der Waals surface area contributed by atoms with Crippen LogP contribution >= 0.6 is 23.7 Å². The van der Waals surface area contributed by atoms with Gasteiger partial charge >= 0.3 is 0 Å². The summed E-state index contributed by atoms with van der Waals surface area (Å²) in [6.07, 6.45) is 1.31. The van der Waals surface area contributed by atoms with E-state index in [1.807, 2.05) is 13.8 Å². The zero-order valence-corrected chi connectivity index (χ0v) is 12.9. The number of nitrogens with one attached hydrogen (secondary N) is 1. The van der Waals surface area contributed by atoms with Crippen molar-refractivity contribution in [1.29, 1.82) is 0 Å². The molecule has 0 saturated carbocycles. The van der Waals surface area contributed by atoms with Crippen molar-refractivity contribution in [3.05, 3.63) is 16.1 Å². The van der Waals surface area contributed by atoms with E-state index >= 15 is 0 Å². The van der Waals surface area contributed by atoms with Gasteiger partial charge in [0.1, 0.15) is 10.7 Å². The number of hydrogen-bond donors (Lipinski definition) is 3. The fraction of sp³-hybridized carbons (Fsp3) is 0.667. The highest BCUT2D eigenvalue weighted by molar-refractivity contribution is 7.09. The van der Waals surface area contributed by atoms with Crippen molar-refractivity contribution in [2.24, 2.45) is 11.7 Å². The molecule has 5 nitrogen and oxygen atoms in total. The van der Waals surface area contributed by atoms with Gasteiger partial charge in [-0.2, -0.15) is 0 Å². The smallest absolute Gasteiger partial charge is 0.270 e. The summed E-state index contributed by atoms with van der Waals surface area (Å²) in [5.41, 5.74) is 5.81. The maximum Gasteiger partial charge on any atom is 0.270 e. The standard InChI is InChI=1S/C12H21N3O2S.ClH/c1-3-8(4-2)10(16)6-14-12(17)9-7-18-11(5-13)15-9;/h7-8,10,16H,3-6,13H2,1-2H3,(H,14,17);1H. The molecule has 0 aliphatic heterocycles. The third-order valence-corrected chi connectivity index (χ3v) is 3.89. The molecule has 0 aliphatic rings. The number of amides is 1. The molecule has 1 aromatic heterocycles. The number of aliphatic hydroxyl groups is 1. The zero-order valence-electron chi connectivity index (χ0n) is 11.3. The normalized spacial score (nSPS) is 12.1. The summed E-state index contributed by atoms with van der Waals surface area (Å²) in [4.78, 5) is 15.9. The first-order valence-electron chi connectivity index (χ1n) is 6.23. The number of halogens is 1. The lowest BCUT2D eigenvalue weighted by atomic mass is 9.96. The van der Waals surface area contributed by atoms with Crippen LogP contribution in [-0.4, -0.2) is 28.6 Å². The van der Waals surface area contributed by atoms with Gasteiger partial charge in [0.05, 0.1) is 6.10 Å². The fourth-order valence-electron chi connectivity index (χ4n) is 1.80. The Kier molecular flexibility index (Phi) is 8.92. The Hall–Kier alpha value is -0.690. The maximum absolute atomic E-state index is 11.8. The molecule has 0 radical (unpaired) electrons.